The Bertz CT molecular complexity index is 1140. The SMILES string of the molecule is CCc1ccc(C2=Cc3c(cccc3-c3ccc4ccccc4c3)C2)o1. The van der Waals surface area contributed by atoms with Crippen molar-refractivity contribution < 1.29 is 4.42 Å². The van der Waals surface area contributed by atoms with Gasteiger partial charge in [-0.25, -0.2) is 0 Å². The van der Waals surface area contributed by atoms with Gasteiger partial charge < -0.3 is 4.42 Å². The van der Waals surface area contributed by atoms with Gasteiger partial charge in [0.15, 0.2) is 0 Å². The lowest BCUT2D eigenvalue weighted by molar-refractivity contribution is 0.503. The summed E-state index contributed by atoms with van der Waals surface area (Å²) < 4.78 is 5.98. The summed E-state index contributed by atoms with van der Waals surface area (Å²) in [7, 11) is 0. The van der Waals surface area contributed by atoms with Crippen molar-refractivity contribution in [3.8, 4) is 11.1 Å². The molecule has 5 rings (SSSR count). The molecular formula is C25H20O. The second-order valence-electron chi connectivity index (χ2n) is 6.91. The molecule has 1 aromatic heterocycles. The summed E-state index contributed by atoms with van der Waals surface area (Å²) in [5.41, 5.74) is 6.54. The number of furan rings is 1. The maximum atomic E-state index is 5.98. The van der Waals surface area contributed by atoms with Gasteiger partial charge in [-0.2, -0.15) is 0 Å². The third-order valence-corrected chi connectivity index (χ3v) is 5.28. The topological polar surface area (TPSA) is 13.1 Å². The fourth-order valence-electron chi connectivity index (χ4n) is 3.88. The summed E-state index contributed by atoms with van der Waals surface area (Å²) in [5, 5.41) is 2.56. The van der Waals surface area contributed by atoms with Crippen LogP contribution in [0.1, 0.15) is 29.6 Å². The molecule has 1 heteroatoms. The van der Waals surface area contributed by atoms with Crippen LogP contribution in [0.15, 0.2) is 77.2 Å². The van der Waals surface area contributed by atoms with Gasteiger partial charge in [0.2, 0.25) is 0 Å². The van der Waals surface area contributed by atoms with Crippen molar-refractivity contribution >= 4 is 22.4 Å². The summed E-state index contributed by atoms with van der Waals surface area (Å²) >= 11 is 0. The Balaban J connectivity index is 1.61. The highest BCUT2D eigenvalue weighted by molar-refractivity contribution is 5.95. The van der Waals surface area contributed by atoms with Gasteiger partial charge in [-0.1, -0.05) is 61.5 Å². The minimum absolute atomic E-state index is 0.933. The molecule has 0 radical (unpaired) electrons. The normalized spacial score (nSPS) is 13.0. The minimum atomic E-state index is 0.933. The highest BCUT2D eigenvalue weighted by Crippen LogP contribution is 2.38. The minimum Gasteiger partial charge on any atom is -0.461 e. The van der Waals surface area contributed by atoms with E-state index >= 15 is 0 Å². The van der Waals surface area contributed by atoms with E-state index in [0.29, 0.717) is 0 Å². The zero-order valence-electron chi connectivity index (χ0n) is 14.8. The molecule has 1 nitrogen and oxygen atoms in total. The van der Waals surface area contributed by atoms with Crippen molar-refractivity contribution in [2.45, 2.75) is 19.8 Å². The van der Waals surface area contributed by atoms with Crippen LogP contribution in [0.25, 0.3) is 33.5 Å². The van der Waals surface area contributed by atoms with Crippen LogP contribution >= 0.6 is 0 Å². The van der Waals surface area contributed by atoms with Crippen LogP contribution in [0.4, 0.5) is 0 Å². The van der Waals surface area contributed by atoms with Crippen molar-refractivity contribution in [3.05, 3.63) is 95.4 Å². The van der Waals surface area contributed by atoms with Gasteiger partial charge in [0.25, 0.3) is 0 Å². The molecule has 1 aliphatic carbocycles. The number of benzene rings is 3. The van der Waals surface area contributed by atoms with Crippen molar-refractivity contribution in [2.24, 2.45) is 0 Å². The van der Waals surface area contributed by atoms with Gasteiger partial charge in [0.1, 0.15) is 11.5 Å². The van der Waals surface area contributed by atoms with Crippen LogP contribution < -0.4 is 0 Å². The van der Waals surface area contributed by atoms with E-state index in [9.17, 15) is 0 Å². The lowest BCUT2D eigenvalue weighted by Gasteiger charge is -2.09. The maximum absolute atomic E-state index is 5.98. The summed E-state index contributed by atoms with van der Waals surface area (Å²) in [4.78, 5) is 0. The van der Waals surface area contributed by atoms with Gasteiger partial charge in [0.05, 0.1) is 0 Å². The molecule has 0 fully saturated rings. The summed E-state index contributed by atoms with van der Waals surface area (Å²) in [5.74, 6) is 2.05. The van der Waals surface area contributed by atoms with Crippen molar-refractivity contribution in [2.75, 3.05) is 0 Å². The van der Waals surface area contributed by atoms with Gasteiger partial charge >= 0.3 is 0 Å². The van der Waals surface area contributed by atoms with Crippen LogP contribution in [0, 0.1) is 0 Å². The van der Waals surface area contributed by atoms with Gasteiger partial charge in [0, 0.05) is 12.8 Å². The van der Waals surface area contributed by atoms with Crippen LogP contribution in [0.5, 0.6) is 0 Å². The first-order valence-electron chi connectivity index (χ1n) is 9.22. The molecule has 3 aromatic carbocycles. The monoisotopic (exact) mass is 336 g/mol. The summed E-state index contributed by atoms with van der Waals surface area (Å²) in [6.07, 6.45) is 4.17. The first-order valence-corrected chi connectivity index (χ1v) is 9.22. The molecule has 26 heavy (non-hydrogen) atoms. The largest absolute Gasteiger partial charge is 0.461 e. The van der Waals surface area contributed by atoms with E-state index in [2.05, 4.69) is 85.8 Å². The predicted octanol–water partition coefficient (Wildman–Crippen LogP) is 6.76. The van der Waals surface area contributed by atoms with Crippen molar-refractivity contribution in [1.82, 2.24) is 0 Å². The zero-order valence-corrected chi connectivity index (χ0v) is 14.8. The molecule has 1 aliphatic rings. The maximum Gasteiger partial charge on any atom is 0.130 e. The fourth-order valence-corrected chi connectivity index (χ4v) is 3.88. The molecule has 126 valence electrons. The van der Waals surface area contributed by atoms with Crippen LogP contribution in [0.3, 0.4) is 0 Å². The van der Waals surface area contributed by atoms with E-state index < -0.39 is 0 Å². The molecule has 1 heterocycles. The summed E-state index contributed by atoms with van der Waals surface area (Å²) in [6, 6.07) is 26.1. The number of fused-ring (bicyclic) bond motifs is 2. The second kappa shape index (κ2) is 6.03. The van der Waals surface area contributed by atoms with E-state index in [1.165, 1.54) is 38.6 Å². The predicted molar refractivity (Wildman–Crippen MR) is 109 cm³/mol. The van der Waals surface area contributed by atoms with Gasteiger partial charge in [-0.15, -0.1) is 0 Å². The Labute approximate surface area is 153 Å². The number of aryl methyl sites for hydroxylation is 1. The molecular weight excluding hydrogens is 316 g/mol. The smallest absolute Gasteiger partial charge is 0.130 e. The molecule has 0 amide bonds. The average molecular weight is 336 g/mol. The van der Waals surface area contributed by atoms with E-state index in [4.69, 9.17) is 4.42 Å². The molecule has 0 saturated carbocycles. The molecule has 0 saturated heterocycles. The van der Waals surface area contributed by atoms with E-state index in [0.717, 1.165) is 24.4 Å². The fraction of sp³-hybridized carbons (Fsp3) is 0.120. The number of allylic oxidation sites excluding steroid dienone is 1. The Morgan fingerprint density at radius 3 is 2.58 bits per heavy atom. The average Bonchev–Trinajstić information content (AvgIpc) is 3.33. The zero-order chi connectivity index (χ0) is 17.5. The molecule has 0 aliphatic heterocycles. The van der Waals surface area contributed by atoms with Crippen LogP contribution in [0.2, 0.25) is 0 Å². The summed E-state index contributed by atoms with van der Waals surface area (Å²) in [6.45, 7) is 2.12. The first kappa shape index (κ1) is 15.2. The standard InChI is InChI=1S/C25H20O/c1-2-22-12-13-25(26-22)21-15-19-8-5-9-23(24(19)16-21)20-11-10-17-6-3-4-7-18(17)14-20/h3-14,16H,2,15H2,1H3. The Hall–Kier alpha value is -3.06. The van der Waals surface area contributed by atoms with E-state index in [-0.39, 0.29) is 0 Å². The Kier molecular flexibility index (Phi) is 3.53. The van der Waals surface area contributed by atoms with Crippen LogP contribution in [-0.2, 0) is 12.8 Å². The molecule has 0 bridgehead atoms. The number of hydrogen-bond acceptors (Lipinski definition) is 1. The second-order valence-corrected chi connectivity index (χ2v) is 6.91. The highest BCUT2D eigenvalue weighted by Gasteiger charge is 2.19. The molecule has 0 unspecified atom stereocenters. The number of rotatable bonds is 3. The quantitative estimate of drug-likeness (QED) is 0.403. The molecule has 0 spiro atoms. The Morgan fingerprint density at radius 1 is 0.846 bits per heavy atom. The van der Waals surface area contributed by atoms with Crippen molar-refractivity contribution in [1.29, 1.82) is 0 Å². The Morgan fingerprint density at radius 2 is 1.73 bits per heavy atom. The van der Waals surface area contributed by atoms with Crippen molar-refractivity contribution in [3.63, 3.8) is 0 Å². The lowest BCUT2D eigenvalue weighted by Crippen LogP contribution is -1.87. The third kappa shape index (κ3) is 2.48. The van der Waals surface area contributed by atoms with E-state index in [1.54, 1.807) is 0 Å². The van der Waals surface area contributed by atoms with Gasteiger partial charge in [-0.3, -0.25) is 0 Å². The molecule has 0 N–H and O–H groups in total. The lowest BCUT2D eigenvalue weighted by atomic mass is 9.95. The van der Waals surface area contributed by atoms with E-state index in [1.807, 2.05) is 0 Å². The van der Waals surface area contributed by atoms with Gasteiger partial charge in [-0.05, 0) is 62.9 Å². The third-order valence-electron chi connectivity index (χ3n) is 5.28. The molecule has 0 atom stereocenters. The highest BCUT2D eigenvalue weighted by atomic mass is 16.3. The first-order chi connectivity index (χ1) is 12.8. The number of hydrogen-bond donors (Lipinski definition) is 0. The molecule has 4 aromatic rings. The van der Waals surface area contributed by atoms with Crippen LogP contribution in [-0.4, -0.2) is 0 Å².